The summed E-state index contributed by atoms with van der Waals surface area (Å²) in [5, 5.41) is 0.869. The maximum atomic E-state index is 5.78. The van der Waals surface area contributed by atoms with Gasteiger partial charge in [0, 0.05) is 21.3 Å². The fraction of sp³-hybridized carbons (Fsp3) is 0.538. The van der Waals surface area contributed by atoms with Crippen LogP contribution in [-0.2, 0) is 13.3 Å². The van der Waals surface area contributed by atoms with Gasteiger partial charge in [-0.15, -0.1) is 0 Å². The minimum absolute atomic E-state index is 0.690. The van der Waals surface area contributed by atoms with E-state index in [9.17, 15) is 0 Å². The molecule has 18 heavy (non-hydrogen) atoms. The zero-order valence-electron chi connectivity index (χ0n) is 11.6. The molecule has 0 aliphatic rings. The van der Waals surface area contributed by atoms with Crippen LogP contribution in [0.5, 0.6) is 5.75 Å². The Morgan fingerprint density at radius 1 is 1.00 bits per heavy atom. The van der Waals surface area contributed by atoms with Gasteiger partial charge in [0.25, 0.3) is 0 Å². The maximum absolute atomic E-state index is 5.78. The predicted octanol–water partition coefficient (Wildman–Crippen LogP) is 1.95. The molecule has 1 rings (SSSR count). The predicted molar refractivity (Wildman–Crippen MR) is 73.3 cm³/mol. The summed E-state index contributed by atoms with van der Waals surface area (Å²) in [7, 11) is 1.97. The Bertz CT molecular complexity index is 344. The van der Waals surface area contributed by atoms with Crippen LogP contribution in [0, 0.1) is 0 Å². The van der Waals surface area contributed by atoms with Crippen LogP contribution >= 0.6 is 0 Å². The molecule has 0 fully saturated rings. The van der Waals surface area contributed by atoms with Gasteiger partial charge in [0.05, 0.1) is 11.8 Å². The summed E-state index contributed by atoms with van der Waals surface area (Å²) in [6.45, 7) is 2.82. The maximum Gasteiger partial charge on any atom is 0.540 e. The molecule has 0 heterocycles. The van der Waals surface area contributed by atoms with Crippen molar-refractivity contribution in [2.75, 3.05) is 27.9 Å². The smallest absolute Gasteiger partial charge is 0.493 e. The number of benzene rings is 1. The van der Waals surface area contributed by atoms with Crippen molar-refractivity contribution in [3.63, 3.8) is 0 Å². The Morgan fingerprint density at radius 2 is 1.61 bits per heavy atom. The van der Waals surface area contributed by atoms with E-state index in [4.69, 9.17) is 18.0 Å². The van der Waals surface area contributed by atoms with Crippen LogP contribution in [0.3, 0.4) is 0 Å². The molecule has 0 N–H and O–H groups in total. The molecule has 5 heteroatoms. The highest BCUT2D eigenvalue weighted by Crippen LogP contribution is 2.16. The molecule has 0 unspecified atom stereocenters. The van der Waals surface area contributed by atoms with E-state index in [1.807, 2.05) is 24.3 Å². The zero-order valence-corrected chi connectivity index (χ0v) is 12.6. The van der Waals surface area contributed by atoms with Crippen LogP contribution in [0.4, 0.5) is 0 Å². The van der Waals surface area contributed by atoms with Gasteiger partial charge >= 0.3 is 8.80 Å². The molecule has 0 amide bonds. The van der Waals surface area contributed by atoms with Gasteiger partial charge in [-0.2, -0.15) is 0 Å². The lowest BCUT2D eigenvalue weighted by Crippen LogP contribution is -2.55. The van der Waals surface area contributed by atoms with Crippen molar-refractivity contribution in [3.8, 4) is 5.75 Å². The quantitative estimate of drug-likeness (QED) is 0.534. The monoisotopic (exact) mass is 270 g/mol. The molecule has 1 aromatic carbocycles. The lowest BCUT2D eigenvalue weighted by molar-refractivity contribution is 0.139. The van der Waals surface area contributed by atoms with Crippen LogP contribution in [-0.4, -0.2) is 36.7 Å². The van der Waals surface area contributed by atoms with E-state index >= 15 is 0 Å². The zero-order chi connectivity index (χ0) is 13.4. The van der Waals surface area contributed by atoms with Gasteiger partial charge in [-0.3, -0.25) is 0 Å². The molecular weight excluding hydrogens is 248 g/mol. The summed E-state index contributed by atoms with van der Waals surface area (Å²) < 4.78 is 22.2. The second-order valence-electron chi connectivity index (χ2n) is 3.87. The van der Waals surface area contributed by atoms with Crippen LogP contribution < -0.4 is 9.92 Å². The van der Waals surface area contributed by atoms with Crippen molar-refractivity contribution in [2.24, 2.45) is 0 Å². The highest BCUT2D eigenvalue weighted by atomic mass is 28.4. The first-order valence-corrected chi connectivity index (χ1v) is 7.84. The molecule has 0 aromatic heterocycles. The molecule has 0 bridgehead atoms. The third kappa shape index (κ3) is 3.32. The standard InChI is InChI=1S/C13H22O4Si/c1-5-6-11-17-12-9-7-8-10-13(12)18(14-2,15-3)16-4/h7-10H,5-6,11H2,1-4H3. The van der Waals surface area contributed by atoms with Crippen molar-refractivity contribution < 1.29 is 18.0 Å². The van der Waals surface area contributed by atoms with Crippen LogP contribution in [0.25, 0.3) is 0 Å². The summed E-state index contributed by atoms with van der Waals surface area (Å²) in [6.07, 6.45) is 2.12. The molecule has 0 saturated carbocycles. The average molecular weight is 270 g/mol. The number of unbranched alkanes of at least 4 members (excludes halogenated alkanes) is 1. The highest BCUT2D eigenvalue weighted by Gasteiger charge is 2.43. The van der Waals surface area contributed by atoms with Crippen molar-refractivity contribution in [1.82, 2.24) is 0 Å². The van der Waals surface area contributed by atoms with E-state index in [0.29, 0.717) is 6.61 Å². The molecule has 0 aliphatic carbocycles. The SMILES string of the molecule is CCCCOc1ccccc1[Si](OC)(OC)OC. The molecule has 0 radical (unpaired) electrons. The first-order valence-electron chi connectivity index (χ1n) is 6.11. The number of hydrogen-bond donors (Lipinski definition) is 0. The van der Waals surface area contributed by atoms with E-state index in [1.54, 1.807) is 21.3 Å². The first kappa shape index (κ1) is 15.2. The van der Waals surface area contributed by atoms with E-state index in [2.05, 4.69) is 6.92 Å². The second kappa shape index (κ2) is 7.53. The molecule has 0 saturated heterocycles. The summed E-state index contributed by atoms with van der Waals surface area (Å²) in [5.74, 6) is 0.781. The largest absolute Gasteiger partial charge is 0.540 e. The lowest BCUT2D eigenvalue weighted by Gasteiger charge is -2.26. The molecule has 0 spiro atoms. The third-order valence-corrected chi connectivity index (χ3v) is 5.46. The number of ether oxygens (including phenoxy) is 1. The Hall–Kier alpha value is -0.883. The summed E-state index contributed by atoms with van der Waals surface area (Å²) in [4.78, 5) is 0. The van der Waals surface area contributed by atoms with Crippen molar-refractivity contribution in [2.45, 2.75) is 19.8 Å². The minimum Gasteiger partial charge on any atom is -0.493 e. The highest BCUT2D eigenvalue weighted by molar-refractivity contribution is 6.76. The summed E-state index contributed by atoms with van der Waals surface area (Å²) >= 11 is 0. The Labute approximate surface area is 110 Å². The second-order valence-corrected chi connectivity index (χ2v) is 6.74. The molecule has 4 nitrogen and oxygen atoms in total. The van der Waals surface area contributed by atoms with Gasteiger partial charge in [0.2, 0.25) is 0 Å². The lowest BCUT2D eigenvalue weighted by atomic mass is 10.3. The van der Waals surface area contributed by atoms with Crippen LogP contribution in [0.2, 0.25) is 0 Å². The van der Waals surface area contributed by atoms with E-state index < -0.39 is 8.80 Å². The van der Waals surface area contributed by atoms with Gasteiger partial charge in [0.1, 0.15) is 5.75 Å². The molecule has 0 atom stereocenters. The summed E-state index contributed by atoms with van der Waals surface area (Å²) in [6, 6.07) is 7.72. The van der Waals surface area contributed by atoms with Gasteiger partial charge < -0.3 is 18.0 Å². The fourth-order valence-corrected chi connectivity index (χ4v) is 3.67. The van der Waals surface area contributed by atoms with Crippen molar-refractivity contribution in [3.05, 3.63) is 24.3 Å². The minimum atomic E-state index is -2.82. The Balaban J connectivity index is 2.99. The van der Waals surface area contributed by atoms with Gasteiger partial charge in [-0.05, 0) is 12.5 Å². The molecule has 102 valence electrons. The summed E-state index contributed by atoms with van der Waals surface area (Å²) in [5.41, 5.74) is 0. The fourth-order valence-electron chi connectivity index (χ4n) is 1.75. The average Bonchev–Trinajstić information content (AvgIpc) is 2.43. The number of hydrogen-bond acceptors (Lipinski definition) is 4. The van der Waals surface area contributed by atoms with E-state index in [0.717, 1.165) is 23.8 Å². The van der Waals surface area contributed by atoms with Gasteiger partial charge in [-0.1, -0.05) is 31.5 Å². The van der Waals surface area contributed by atoms with E-state index in [1.165, 1.54) is 0 Å². The first-order chi connectivity index (χ1) is 8.74. The normalized spacial score (nSPS) is 11.6. The Morgan fingerprint density at radius 3 is 2.17 bits per heavy atom. The van der Waals surface area contributed by atoms with Crippen LogP contribution in [0.1, 0.15) is 19.8 Å². The Kier molecular flexibility index (Phi) is 6.35. The van der Waals surface area contributed by atoms with Gasteiger partial charge in [0.15, 0.2) is 0 Å². The van der Waals surface area contributed by atoms with Crippen LogP contribution in [0.15, 0.2) is 24.3 Å². The number of para-hydroxylation sites is 1. The molecular formula is C13H22O4Si. The number of rotatable bonds is 8. The topological polar surface area (TPSA) is 36.9 Å². The van der Waals surface area contributed by atoms with E-state index in [-0.39, 0.29) is 0 Å². The molecule has 0 aliphatic heterocycles. The van der Waals surface area contributed by atoms with Crippen molar-refractivity contribution >= 4 is 14.0 Å². The van der Waals surface area contributed by atoms with Gasteiger partial charge in [-0.25, -0.2) is 0 Å². The van der Waals surface area contributed by atoms with Crippen molar-refractivity contribution in [1.29, 1.82) is 0 Å². The third-order valence-electron chi connectivity index (χ3n) is 2.78. The molecule has 1 aromatic rings.